The number of nitrogens with zero attached hydrogens (tertiary/aromatic N) is 2. The van der Waals surface area contributed by atoms with Crippen LogP contribution in [0.15, 0.2) is 29.3 Å². The summed E-state index contributed by atoms with van der Waals surface area (Å²) in [6.07, 6.45) is 1.09. The number of rotatable bonds is 8. The molecule has 1 aliphatic rings. The Hall–Kier alpha value is -1.64. The number of hydrogen-bond acceptors (Lipinski definition) is 4. The Bertz CT molecular complexity index is 711. The fraction of sp³-hybridized carbons (Fsp3) is 0.632. The molecule has 0 bridgehead atoms. The molecular weight excluding hydrogens is 364 g/mol. The van der Waals surface area contributed by atoms with Gasteiger partial charge in [-0.1, -0.05) is 24.3 Å². The number of sulfonamides is 1. The van der Waals surface area contributed by atoms with Crippen LogP contribution in [0.4, 0.5) is 0 Å². The Labute approximate surface area is 163 Å². The molecule has 2 N–H and O–H groups in total. The van der Waals surface area contributed by atoms with Gasteiger partial charge in [0, 0.05) is 45.8 Å². The van der Waals surface area contributed by atoms with Gasteiger partial charge in [0.2, 0.25) is 10.0 Å². The van der Waals surface area contributed by atoms with E-state index in [4.69, 9.17) is 4.74 Å². The Morgan fingerprint density at radius 3 is 2.52 bits per heavy atom. The second kappa shape index (κ2) is 10.1. The first kappa shape index (κ1) is 21.7. The summed E-state index contributed by atoms with van der Waals surface area (Å²) in [5.41, 5.74) is 1.85. The van der Waals surface area contributed by atoms with Crippen molar-refractivity contribution in [1.29, 1.82) is 0 Å². The lowest BCUT2D eigenvalue weighted by molar-refractivity contribution is 0.181. The van der Waals surface area contributed by atoms with Gasteiger partial charge in [0.05, 0.1) is 12.4 Å². The van der Waals surface area contributed by atoms with E-state index >= 15 is 0 Å². The highest BCUT2D eigenvalue weighted by Crippen LogP contribution is 2.13. The molecule has 27 heavy (non-hydrogen) atoms. The normalized spacial score (nSPS) is 18.1. The molecule has 0 aromatic heterocycles. The van der Waals surface area contributed by atoms with Gasteiger partial charge in [-0.2, -0.15) is 0 Å². The molecule has 7 nitrogen and oxygen atoms in total. The van der Waals surface area contributed by atoms with Gasteiger partial charge in [-0.25, -0.2) is 13.1 Å². The van der Waals surface area contributed by atoms with Crippen LogP contribution in [0.25, 0.3) is 0 Å². The molecule has 2 rings (SSSR count). The summed E-state index contributed by atoms with van der Waals surface area (Å²) in [4.78, 5) is 6.46. The van der Waals surface area contributed by atoms with Gasteiger partial charge in [0.25, 0.3) is 0 Å². The molecule has 1 aromatic rings. The monoisotopic (exact) mass is 396 g/mol. The number of aliphatic imine (C=N–C) groups is 1. The Kier molecular flexibility index (Phi) is 8.07. The van der Waals surface area contributed by atoms with Gasteiger partial charge in [0.1, 0.15) is 0 Å². The van der Waals surface area contributed by atoms with Crippen LogP contribution < -0.4 is 10.0 Å². The molecule has 1 aliphatic heterocycles. The molecule has 1 atom stereocenters. The van der Waals surface area contributed by atoms with Crippen molar-refractivity contribution in [2.45, 2.75) is 38.6 Å². The van der Waals surface area contributed by atoms with E-state index < -0.39 is 10.0 Å². The minimum absolute atomic E-state index is 0.00719. The molecule has 0 amide bonds. The lowest BCUT2D eigenvalue weighted by atomic mass is 10.1. The number of hydrogen-bond donors (Lipinski definition) is 2. The van der Waals surface area contributed by atoms with E-state index in [0.29, 0.717) is 12.5 Å². The van der Waals surface area contributed by atoms with Crippen molar-refractivity contribution in [2.24, 2.45) is 10.9 Å². The fourth-order valence-corrected chi connectivity index (χ4v) is 4.57. The summed E-state index contributed by atoms with van der Waals surface area (Å²) < 4.78 is 32.1. The second-order valence-corrected chi connectivity index (χ2v) is 9.11. The van der Waals surface area contributed by atoms with Crippen LogP contribution in [0.5, 0.6) is 0 Å². The van der Waals surface area contributed by atoms with Crippen molar-refractivity contribution in [3.8, 4) is 0 Å². The second-order valence-electron chi connectivity index (χ2n) is 7.36. The van der Waals surface area contributed by atoms with E-state index in [-0.39, 0.29) is 11.8 Å². The van der Waals surface area contributed by atoms with E-state index in [1.165, 1.54) is 0 Å². The van der Waals surface area contributed by atoms with E-state index in [1.807, 2.05) is 45.2 Å². The molecule has 0 aliphatic carbocycles. The molecular formula is C19H32N4O3S. The molecule has 1 unspecified atom stereocenters. The van der Waals surface area contributed by atoms with Crippen molar-refractivity contribution in [1.82, 2.24) is 14.9 Å². The van der Waals surface area contributed by atoms with Gasteiger partial charge in [-0.05, 0) is 31.4 Å². The van der Waals surface area contributed by atoms with Crippen LogP contribution >= 0.6 is 0 Å². The maximum atomic E-state index is 12.0. The average molecular weight is 397 g/mol. The zero-order valence-electron chi connectivity index (χ0n) is 16.7. The quantitative estimate of drug-likeness (QED) is 0.515. The molecule has 0 saturated carbocycles. The number of benzene rings is 1. The lowest BCUT2D eigenvalue weighted by Crippen LogP contribution is -2.41. The topological polar surface area (TPSA) is 83.0 Å². The lowest BCUT2D eigenvalue weighted by Gasteiger charge is -2.24. The SMILES string of the molecule is CN=C(NCc1ccc(CS(=O)(=O)NC(C)C)cc1)N(C)CC1CCOC1. The first-order chi connectivity index (χ1) is 12.8. The number of nitrogens with one attached hydrogen (secondary N) is 2. The van der Waals surface area contributed by atoms with Crippen molar-refractivity contribution >= 4 is 16.0 Å². The van der Waals surface area contributed by atoms with Crippen LogP contribution in [0.1, 0.15) is 31.4 Å². The zero-order valence-corrected chi connectivity index (χ0v) is 17.6. The zero-order chi connectivity index (χ0) is 19.9. The molecule has 8 heteroatoms. The van der Waals surface area contributed by atoms with Crippen molar-refractivity contribution in [3.63, 3.8) is 0 Å². The summed E-state index contributed by atoms with van der Waals surface area (Å²) in [6.45, 7) is 6.84. The smallest absolute Gasteiger partial charge is 0.216 e. The summed E-state index contributed by atoms with van der Waals surface area (Å²) in [5, 5.41) is 3.36. The highest BCUT2D eigenvalue weighted by Gasteiger charge is 2.19. The summed E-state index contributed by atoms with van der Waals surface area (Å²) in [7, 11) is 0.508. The molecule has 1 aromatic carbocycles. The first-order valence-corrected chi connectivity index (χ1v) is 11.0. The van der Waals surface area contributed by atoms with Crippen LogP contribution in [0, 0.1) is 5.92 Å². The largest absolute Gasteiger partial charge is 0.381 e. The first-order valence-electron chi connectivity index (χ1n) is 9.36. The van der Waals surface area contributed by atoms with Crippen molar-refractivity contribution < 1.29 is 13.2 Å². The third-order valence-electron chi connectivity index (χ3n) is 4.37. The fourth-order valence-electron chi connectivity index (χ4n) is 3.14. The Balaban J connectivity index is 1.86. The Morgan fingerprint density at radius 1 is 1.30 bits per heavy atom. The van der Waals surface area contributed by atoms with Crippen molar-refractivity contribution in [2.75, 3.05) is 33.9 Å². The third kappa shape index (κ3) is 7.48. The molecule has 1 fully saturated rings. The van der Waals surface area contributed by atoms with Crippen LogP contribution in [-0.2, 0) is 27.1 Å². The summed E-state index contributed by atoms with van der Waals surface area (Å²) in [5.74, 6) is 1.39. The maximum absolute atomic E-state index is 12.0. The molecule has 1 heterocycles. The number of guanidine groups is 1. The van der Waals surface area contributed by atoms with E-state index in [1.54, 1.807) is 7.05 Å². The highest BCUT2D eigenvalue weighted by atomic mass is 32.2. The maximum Gasteiger partial charge on any atom is 0.216 e. The third-order valence-corrected chi connectivity index (χ3v) is 5.92. The van der Waals surface area contributed by atoms with Gasteiger partial charge in [-0.15, -0.1) is 0 Å². The number of ether oxygens (including phenoxy) is 1. The van der Waals surface area contributed by atoms with Gasteiger partial charge < -0.3 is 15.0 Å². The van der Waals surface area contributed by atoms with Gasteiger partial charge >= 0.3 is 0 Å². The predicted molar refractivity (Wildman–Crippen MR) is 109 cm³/mol. The summed E-state index contributed by atoms with van der Waals surface area (Å²) >= 11 is 0. The Morgan fingerprint density at radius 2 is 1.96 bits per heavy atom. The molecule has 152 valence electrons. The summed E-state index contributed by atoms with van der Waals surface area (Å²) in [6, 6.07) is 7.52. The van der Waals surface area contributed by atoms with E-state index in [9.17, 15) is 8.42 Å². The van der Waals surface area contributed by atoms with E-state index in [0.717, 1.165) is 43.3 Å². The standard InChI is InChI=1S/C19H32N4O3S/c1-15(2)22-27(24,25)14-17-7-5-16(6-8-17)11-21-19(20-3)23(4)12-18-9-10-26-13-18/h5-8,15,18,22H,9-14H2,1-4H3,(H,20,21). The molecule has 1 saturated heterocycles. The molecule has 0 spiro atoms. The van der Waals surface area contributed by atoms with Crippen LogP contribution in [0.3, 0.4) is 0 Å². The van der Waals surface area contributed by atoms with Crippen molar-refractivity contribution in [3.05, 3.63) is 35.4 Å². The minimum atomic E-state index is -3.30. The van der Waals surface area contributed by atoms with Crippen LogP contribution in [0.2, 0.25) is 0 Å². The molecule has 0 radical (unpaired) electrons. The van der Waals surface area contributed by atoms with Gasteiger partial charge in [0.15, 0.2) is 5.96 Å². The van der Waals surface area contributed by atoms with Crippen LogP contribution in [-0.4, -0.2) is 59.2 Å². The van der Waals surface area contributed by atoms with E-state index in [2.05, 4.69) is 19.9 Å². The minimum Gasteiger partial charge on any atom is -0.381 e. The average Bonchev–Trinajstić information content (AvgIpc) is 3.08. The van der Waals surface area contributed by atoms with Gasteiger partial charge in [-0.3, -0.25) is 4.99 Å². The highest BCUT2D eigenvalue weighted by molar-refractivity contribution is 7.88. The predicted octanol–water partition coefficient (Wildman–Crippen LogP) is 1.56.